The van der Waals surface area contributed by atoms with Crippen LogP contribution < -0.4 is 15.1 Å². The van der Waals surface area contributed by atoms with Crippen molar-refractivity contribution in [1.29, 1.82) is 5.26 Å². The second kappa shape index (κ2) is 11.8. The van der Waals surface area contributed by atoms with Crippen molar-refractivity contribution in [1.82, 2.24) is 5.32 Å². The Morgan fingerprint density at radius 2 is 1.68 bits per heavy atom. The van der Waals surface area contributed by atoms with Gasteiger partial charge in [0.25, 0.3) is 0 Å². The number of anilines is 2. The van der Waals surface area contributed by atoms with Crippen molar-refractivity contribution in [3.05, 3.63) is 60.2 Å². The van der Waals surface area contributed by atoms with Gasteiger partial charge in [-0.15, -0.1) is 0 Å². The number of para-hydroxylation sites is 1. The Morgan fingerprint density at radius 1 is 0.968 bits per heavy atom. The Hall–Kier alpha value is -3.33. The summed E-state index contributed by atoms with van der Waals surface area (Å²) in [6, 6.07) is 19.7. The number of nitrogens with one attached hydrogen (secondary N) is 1. The van der Waals surface area contributed by atoms with E-state index in [1.54, 1.807) is 4.90 Å². The summed E-state index contributed by atoms with van der Waals surface area (Å²) in [6.07, 6.45) is 4.29. The molecule has 2 amide bonds. The first kappa shape index (κ1) is 22.4. The van der Waals surface area contributed by atoms with Crippen LogP contribution in [-0.4, -0.2) is 31.4 Å². The zero-order valence-corrected chi connectivity index (χ0v) is 17.9. The van der Waals surface area contributed by atoms with Crippen LogP contribution in [0.15, 0.2) is 54.6 Å². The average Bonchev–Trinajstić information content (AvgIpc) is 2.83. The first-order valence-electron chi connectivity index (χ1n) is 11.0. The monoisotopic (exact) mass is 418 g/mol. The van der Waals surface area contributed by atoms with Crippen LogP contribution in [0.3, 0.4) is 0 Å². The maximum Gasteiger partial charge on any atom is 0.227 e. The van der Waals surface area contributed by atoms with Gasteiger partial charge < -0.3 is 15.1 Å². The standard InChI is InChI=1S/C25H30N4O2/c26-16-7-19-29(23-8-3-1-4-9-23)25(31)15-14-24(30)27-20-21-10-12-22(13-11-21)28-17-5-2-6-18-28/h1,3-4,8-13H,2,5-7,14-15,17-20H2,(H,27,30). The molecule has 6 nitrogen and oxygen atoms in total. The highest BCUT2D eigenvalue weighted by molar-refractivity contribution is 5.95. The van der Waals surface area contributed by atoms with Gasteiger partial charge in [-0.3, -0.25) is 9.59 Å². The number of nitriles is 1. The lowest BCUT2D eigenvalue weighted by atomic mass is 10.1. The van der Waals surface area contributed by atoms with Crippen molar-refractivity contribution in [3.63, 3.8) is 0 Å². The molecule has 1 N–H and O–H groups in total. The molecule has 1 aliphatic rings. The molecule has 2 aromatic rings. The van der Waals surface area contributed by atoms with Crippen LogP contribution in [0.5, 0.6) is 0 Å². The zero-order valence-electron chi connectivity index (χ0n) is 17.9. The molecule has 0 spiro atoms. The molecule has 2 aromatic carbocycles. The van der Waals surface area contributed by atoms with Gasteiger partial charge in [-0.2, -0.15) is 5.26 Å². The predicted molar refractivity (Wildman–Crippen MR) is 123 cm³/mol. The number of benzene rings is 2. The predicted octanol–water partition coefficient (Wildman–Crippen LogP) is 4.02. The largest absolute Gasteiger partial charge is 0.372 e. The summed E-state index contributed by atoms with van der Waals surface area (Å²) in [5.41, 5.74) is 3.02. The third-order valence-electron chi connectivity index (χ3n) is 5.53. The summed E-state index contributed by atoms with van der Waals surface area (Å²) in [5, 5.41) is 11.8. The summed E-state index contributed by atoms with van der Waals surface area (Å²) in [7, 11) is 0. The minimum Gasteiger partial charge on any atom is -0.372 e. The lowest BCUT2D eigenvalue weighted by Gasteiger charge is -2.28. The summed E-state index contributed by atoms with van der Waals surface area (Å²) < 4.78 is 0. The van der Waals surface area contributed by atoms with Crippen molar-refractivity contribution in [2.45, 2.75) is 45.1 Å². The number of nitrogens with zero attached hydrogens (tertiary/aromatic N) is 3. The highest BCUT2D eigenvalue weighted by atomic mass is 16.2. The third-order valence-corrected chi connectivity index (χ3v) is 5.53. The van der Waals surface area contributed by atoms with Gasteiger partial charge in [0.05, 0.1) is 12.5 Å². The van der Waals surface area contributed by atoms with Gasteiger partial charge in [-0.05, 0) is 49.1 Å². The van der Waals surface area contributed by atoms with Gasteiger partial charge in [0.2, 0.25) is 11.8 Å². The summed E-state index contributed by atoms with van der Waals surface area (Å²) >= 11 is 0. The van der Waals surface area contributed by atoms with Crippen LogP contribution in [0.1, 0.15) is 44.1 Å². The normalized spacial score (nSPS) is 13.3. The van der Waals surface area contributed by atoms with Gasteiger partial charge in [-0.25, -0.2) is 0 Å². The van der Waals surface area contributed by atoms with Crippen LogP contribution in [0.2, 0.25) is 0 Å². The van der Waals surface area contributed by atoms with Crippen molar-refractivity contribution in [2.75, 3.05) is 29.4 Å². The van der Waals surface area contributed by atoms with Crippen LogP contribution in [0.25, 0.3) is 0 Å². The van der Waals surface area contributed by atoms with Gasteiger partial charge in [0.15, 0.2) is 0 Å². The maximum atomic E-state index is 12.6. The quantitative estimate of drug-likeness (QED) is 0.667. The molecule has 0 saturated carbocycles. The summed E-state index contributed by atoms with van der Waals surface area (Å²) in [6.45, 7) is 2.99. The number of rotatable bonds is 9. The number of carbonyl (C=O) groups is 2. The van der Waals surface area contributed by atoms with E-state index >= 15 is 0 Å². The van der Waals surface area contributed by atoms with E-state index in [9.17, 15) is 9.59 Å². The summed E-state index contributed by atoms with van der Waals surface area (Å²) in [4.78, 5) is 28.9. The molecule has 1 aliphatic heterocycles. The molecule has 1 fully saturated rings. The number of hydrogen-bond acceptors (Lipinski definition) is 4. The van der Waals surface area contributed by atoms with Crippen molar-refractivity contribution < 1.29 is 9.59 Å². The van der Waals surface area contributed by atoms with Crippen molar-refractivity contribution in [3.8, 4) is 6.07 Å². The first-order chi connectivity index (χ1) is 15.2. The van der Waals surface area contributed by atoms with Crippen LogP contribution in [-0.2, 0) is 16.1 Å². The highest BCUT2D eigenvalue weighted by Gasteiger charge is 2.16. The van der Waals surface area contributed by atoms with E-state index in [-0.39, 0.29) is 31.1 Å². The SMILES string of the molecule is N#CCCN(C(=O)CCC(=O)NCc1ccc(N2CCCCC2)cc1)c1ccccc1. The number of amides is 2. The lowest BCUT2D eigenvalue weighted by molar-refractivity contribution is -0.125. The van der Waals surface area contributed by atoms with Gasteiger partial charge in [-0.1, -0.05) is 30.3 Å². The molecule has 1 saturated heterocycles. The zero-order chi connectivity index (χ0) is 21.9. The van der Waals surface area contributed by atoms with E-state index in [4.69, 9.17) is 5.26 Å². The van der Waals surface area contributed by atoms with Crippen molar-refractivity contribution in [2.24, 2.45) is 0 Å². The van der Waals surface area contributed by atoms with E-state index in [1.807, 2.05) is 42.5 Å². The van der Waals surface area contributed by atoms with E-state index in [0.717, 1.165) is 24.3 Å². The Bertz CT molecular complexity index is 884. The number of hydrogen-bond donors (Lipinski definition) is 1. The molecule has 0 unspecified atom stereocenters. The Morgan fingerprint density at radius 3 is 2.35 bits per heavy atom. The van der Waals surface area contributed by atoms with Crippen LogP contribution in [0.4, 0.5) is 11.4 Å². The second-order valence-corrected chi connectivity index (χ2v) is 7.78. The molecule has 1 heterocycles. The fraction of sp³-hybridized carbons (Fsp3) is 0.400. The molecular formula is C25H30N4O2. The minimum atomic E-state index is -0.151. The molecule has 0 aromatic heterocycles. The van der Waals surface area contributed by atoms with Crippen molar-refractivity contribution >= 4 is 23.2 Å². The minimum absolute atomic E-state index is 0.111. The molecule has 0 radical (unpaired) electrons. The molecule has 0 atom stereocenters. The molecule has 31 heavy (non-hydrogen) atoms. The first-order valence-corrected chi connectivity index (χ1v) is 11.0. The Balaban J connectivity index is 1.45. The molecule has 3 rings (SSSR count). The summed E-state index contributed by atoms with van der Waals surface area (Å²) in [5.74, 6) is -0.302. The lowest BCUT2D eigenvalue weighted by Crippen LogP contribution is -2.33. The third kappa shape index (κ3) is 6.85. The fourth-order valence-electron chi connectivity index (χ4n) is 3.79. The van der Waals surface area contributed by atoms with E-state index in [1.165, 1.54) is 24.9 Å². The Kier molecular flexibility index (Phi) is 8.48. The number of piperidine rings is 1. The fourth-order valence-corrected chi connectivity index (χ4v) is 3.79. The van der Waals surface area contributed by atoms with Gasteiger partial charge in [0.1, 0.15) is 0 Å². The van der Waals surface area contributed by atoms with Gasteiger partial charge in [0, 0.05) is 50.4 Å². The topological polar surface area (TPSA) is 76.4 Å². The second-order valence-electron chi connectivity index (χ2n) is 7.78. The maximum absolute atomic E-state index is 12.6. The molecule has 0 aliphatic carbocycles. The number of carbonyl (C=O) groups excluding carboxylic acids is 2. The Labute approximate surface area is 184 Å². The van der Waals surface area contributed by atoms with E-state index in [0.29, 0.717) is 13.1 Å². The average molecular weight is 419 g/mol. The van der Waals surface area contributed by atoms with Crippen LogP contribution in [0, 0.1) is 11.3 Å². The highest BCUT2D eigenvalue weighted by Crippen LogP contribution is 2.20. The molecule has 162 valence electrons. The molecular weight excluding hydrogens is 388 g/mol. The molecule has 0 bridgehead atoms. The van der Waals surface area contributed by atoms with Gasteiger partial charge >= 0.3 is 0 Å². The van der Waals surface area contributed by atoms with E-state index in [2.05, 4.69) is 28.4 Å². The smallest absolute Gasteiger partial charge is 0.227 e. The molecule has 6 heteroatoms. The van der Waals surface area contributed by atoms with Crippen LogP contribution >= 0.6 is 0 Å². The van der Waals surface area contributed by atoms with E-state index < -0.39 is 0 Å².